The normalized spacial score (nSPS) is 28.5. The van der Waals surface area contributed by atoms with Gasteiger partial charge in [0.1, 0.15) is 5.60 Å². The summed E-state index contributed by atoms with van der Waals surface area (Å²) in [6.45, 7) is 6.25. The second-order valence-corrected chi connectivity index (χ2v) is 7.55. The Labute approximate surface area is 133 Å². The number of ether oxygens (including phenoxy) is 3. The van der Waals surface area contributed by atoms with Crippen molar-refractivity contribution in [3.63, 3.8) is 0 Å². The van der Waals surface area contributed by atoms with E-state index in [9.17, 15) is 4.79 Å². The summed E-state index contributed by atoms with van der Waals surface area (Å²) in [5.74, 6) is -0.694. The van der Waals surface area contributed by atoms with Crippen LogP contribution in [0.2, 0.25) is 0 Å². The zero-order valence-electron chi connectivity index (χ0n) is 14.2. The summed E-state index contributed by atoms with van der Waals surface area (Å²) in [5, 5.41) is 0. The van der Waals surface area contributed by atoms with Crippen LogP contribution in [-0.4, -0.2) is 36.1 Å². The van der Waals surface area contributed by atoms with Crippen LogP contribution in [-0.2, 0) is 19.0 Å². The molecule has 0 amide bonds. The summed E-state index contributed by atoms with van der Waals surface area (Å²) in [6.07, 6.45) is 7.09. The molecule has 0 radical (unpaired) electrons. The maximum atomic E-state index is 12.1. The fourth-order valence-corrected chi connectivity index (χ4v) is 3.41. The SMILES string of the molecule is CC(C)(C)OC(=O)C[C@@H]1C[C@H](CCN)OC2(CCCCC2)O1. The van der Waals surface area contributed by atoms with E-state index in [1.807, 2.05) is 20.8 Å². The number of esters is 1. The monoisotopic (exact) mass is 313 g/mol. The third kappa shape index (κ3) is 5.21. The van der Waals surface area contributed by atoms with E-state index >= 15 is 0 Å². The van der Waals surface area contributed by atoms with Crippen molar-refractivity contribution in [2.45, 2.75) is 95.7 Å². The highest BCUT2D eigenvalue weighted by molar-refractivity contribution is 5.70. The highest BCUT2D eigenvalue weighted by Crippen LogP contribution is 2.40. The lowest BCUT2D eigenvalue weighted by Crippen LogP contribution is -2.50. The van der Waals surface area contributed by atoms with Gasteiger partial charge in [0.05, 0.1) is 18.6 Å². The quantitative estimate of drug-likeness (QED) is 0.808. The number of carbonyl (C=O) groups excluding carboxylic acids is 1. The summed E-state index contributed by atoms with van der Waals surface area (Å²) >= 11 is 0. The fourth-order valence-electron chi connectivity index (χ4n) is 3.41. The van der Waals surface area contributed by atoms with Crippen molar-refractivity contribution in [1.29, 1.82) is 0 Å². The van der Waals surface area contributed by atoms with Gasteiger partial charge in [0.2, 0.25) is 0 Å². The number of rotatable bonds is 4. The first-order chi connectivity index (χ1) is 10.3. The van der Waals surface area contributed by atoms with Gasteiger partial charge in [-0.25, -0.2) is 0 Å². The number of hydrogen-bond donors (Lipinski definition) is 1. The van der Waals surface area contributed by atoms with Crippen molar-refractivity contribution in [1.82, 2.24) is 0 Å². The molecule has 1 spiro atoms. The van der Waals surface area contributed by atoms with Gasteiger partial charge in [-0.15, -0.1) is 0 Å². The Balaban J connectivity index is 1.98. The molecule has 1 saturated carbocycles. The van der Waals surface area contributed by atoms with Gasteiger partial charge in [-0.05, 0) is 46.6 Å². The molecule has 128 valence electrons. The van der Waals surface area contributed by atoms with E-state index in [2.05, 4.69) is 0 Å². The van der Waals surface area contributed by atoms with Crippen LogP contribution in [0.5, 0.6) is 0 Å². The standard InChI is InChI=1S/C17H31NO4/c1-16(2,3)22-15(19)12-14-11-13(7-10-18)20-17(21-14)8-5-4-6-9-17/h13-14H,4-12,18H2,1-3H3/t13-,14-/m0/s1. The molecule has 1 saturated heterocycles. The molecule has 1 heterocycles. The smallest absolute Gasteiger partial charge is 0.308 e. The second-order valence-electron chi connectivity index (χ2n) is 7.55. The maximum absolute atomic E-state index is 12.1. The molecule has 2 atom stereocenters. The van der Waals surface area contributed by atoms with E-state index < -0.39 is 11.4 Å². The molecule has 22 heavy (non-hydrogen) atoms. The second kappa shape index (κ2) is 7.28. The number of hydrogen-bond acceptors (Lipinski definition) is 5. The Bertz CT molecular complexity index is 371. The average molecular weight is 313 g/mol. The van der Waals surface area contributed by atoms with E-state index in [1.54, 1.807) is 0 Å². The molecule has 2 aliphatic rings. The van der Waals surface area contributed by atoms with Crippen molar-refractivity contribution in [2.24, 2.45) is 5.73 Å². The fraction of sp³-hybridized carbons (Fsp3) is 0.941. The minimum absolute atomic E-state index is 0.0873. The third-order valence-electron chi connectivity index (χ3n) is 4.21. The van der Waals surface area contributed by atoms with Crippen LogP contribution in [0.1, 0.15) is 72.1 Å². The molecule has 1 aliphatic heterocycles. The van der Waals surface area contributed by atoms with Crippen LogP contribution in [0.4, 0.5) is 0 Å². The highest BCUT2D eigenvalue weighted by atomic mass is 16.7. The molecule has 0 aromatic heterocycles. The van der Waals surface area contributed by atoms with Gasteiger partial charge < -0.3 is 19.9 Å². The minimum Gasteiger partial charge on any atom is -0.460 e. The van der Waals surface area contributed by atoms with E-state index in [1.165, 1.54) is 6.42 Å². The molecule has 2 rings (SSSR count). The summed E-state index contributed by atoms with van der Waals surface area (Å²) in [5.41, 5.74) is 5.24. The van der Waals surface area contributed by atoms with Crippen LogP contribution in [0.15, 0.2) is 0 Å². The van der Waals surface area contributed by atoms with Crippen LogP contribution in [0.25, 0.3) is 0 Å². The minimum atomic E-state index is -0.497. The molecule has 5 nitrogen and oxygen atoms in total. The summed E-state index contributed by atoms with van der Waals surface area (Å²) < 4.78 is 17.9. The van der Waals surface area contributed by atoms with E-state index in [0.717, 1.165) is 38.5 Å². The summed E-state index contributed by atoms with van der Waals surface area (Å²) in [6, 6.07) is 0. The van der Waals surface area contributed by atoms with Crippen LogP contribution in [0, 0.1) is 0 Å². The van der Waals surface area contributed by atoms with Gasteiger partial charge in [0.25, 0.3) is 0 Å². The lowest BCUT2D eigenvalue weighted by atomic mass is 9.91. The largest absolute Gasteiger partial charge is 0.460 e. The molecule has 0 aromatic carbocycles. The molecule has 2 N–H and O–H groups in total. The molecule has 0 aromatic rings. The summed E-state index contributed by atoms with van der Waals surface area (Å²) in [4.78, 5) is 12.1. The van der Waals surface area contributed by atoms with E-state index in [0.29, 0.717) is 13.0 Å². The Morgan fingerprint density at radius 1 is 1.18 bits per heavy atom. The topological polar surface area (TPSA) is 70.8 Å². The van der Waals surface area contributed by atoms with Crippen molar-refractivity contribution in [3.05, 3.63) is 0 Å². The van der Waals surface area contributed by atoms with Crippen molar-refractivity contribution >= 4 is 5.97 Å². The van der Waals surface area contributed by atoms with Crippen LogP contribution >= 0.6 is 0 Å². The van der Waals surface area contributed by atoms with Gasteiger partial charge in [-0.3, -0.25) is 4.79 Å². The molecular formula is C17H31NO4. The Hall–Kier alpha value is -0.650. The Morgan fingerprint density at radius 2 is 1.82 bits per heavy atom. The Kier molecular flexibility index (Phi) is 5.86. The van der Waals surface area contributed by atoms with Gasteiger partial charge in [0.15, 0.2) is 5.79 Å². The van der Waals surface area contributed by atoms with Crippen molar-refractivity contribution in [2.75, 3.05) is 6.54 Å². The zero-order chi connectivity index (χ0) is 16.2. The van der Waals surface area contributed by atoms with Crippen molar-refractivity contribution < 1.29 is 19.0 Å². The molecule has 0 bridgehead atoms. The van der Waals surface area contributed by atoms with Crippen LogP contribution in [0.3, 0.4) is 0 Å². The molecule has 5 heteroatoms. The Morgan fingerprint density at radius 3 is 2.41 bits per heavy atom. The molecular weight excluding hydrogens is 282 g/mol. The molecule has 2 fully saturated rings. The lowest BCUT2D eigenvalue weighted by Gasteiger charge is -2.46. The summed E-state index contributed by atoms with van der Waals surface area (Å²) in [7, 11) is 0. The van der Waals surface area contributed by atoms with Gasteiger partial charge in [-0.1, -0.05) is 6.42 Å². The highest BCUT2D eigenvalue weighted by Gasteiger charge is 2.43. The number of carbonyl (C=O) groups is 1. The average Bonchev–Trinajstić information content (AvgIpc) is 2.36. The first-order valence-corrected chi connectivity index (χ1v) is 8.59. The number of nitrogens with two attached hydrogens (primary N) is 1. The van der Waals surface area contributed by atoms with Gasteiger partial charge >= 0.3 is 5.97 Å². The molecule has 1 aliphatic carbocycles. The van der Waals surface area contributed by atoms with Crippen molar-refractivity contribution in [3.8, 4) is 0 Å². The van der Waals surface area contributed by atoms with Gasteiger partial charge in [-0.2, -0.15) is 0 Å². The predicted molar refractivity (Wildman–Crippen MR) is 84.3 cm³/mol. The zero-order valence-corrected chi connectivity index (χ0v) is 14.2. The van der Waals surface area contributed by atoms with E-state index in [4.69, 9.17) is 19.9 Å². The third-order valence-corrected chi connectivity index (χ3v) is 4.21. The first kappa shape index (κ1) is 17.7. The van der Waals surface area contributed by atoms with E-state index in [-0.39, 0.29) is 18.2 Å². The first-order valence-electron chi connectivity index (χ1n) is 8.59. The van der Waals surface area contributed by atoms with Crippen LogP contribution < -0.4 is 5.73 Å². The predicted octanol–water partition coefficient (Wildman–Crippen LogP) is 2.90. The maximum Gasteiger partial charge on any atom is 0.308 e. The lowest BCUT2D eigenvalue weighted by molar-refractivity contribution is -0.329. The molecule has 0 unspecified atom stereocenters. The van der Waals surface area contributed by atoms with Gasteiger partial charge in [0, 0.05) is 19.3 Å².